The van der Waals surface area contributed by atoms with Gasteiger partial charge in [0.25, 0.3) is 0 Å². The standard InChI is InChI=1S/C29H29NO5S2.Na/c1-22-8-4-11-25(20-22)34-17-7-18-35-26-12-5-10-24(21-26)27-13-3-2-9-23(27)15-16-28(31)30-37(32,33)29-14-6-19-36-29;/h2-6,8-14,19-21H,7,15-18H2,1H3,(H,30,31);/q;+1/p-1. The Balaban J connectivity index is 0.00000400. The Bertz CT molecular complexity index is 1440. The van der Waals surface area contributed by atoms with Crippen LogP contribution >= 0.6 is 11.3 Å². The molecule has 0 bridgehead atoms. The monoisotopic (exact) mass is 557 g/mol. The van der Waals surface area contributed by atoms with E-state index < -0.39 is 15.9 Å². The van der Waals surface area contributed by atoms with Crippen molar-refractivity contribution in [2.75, 3.05) is 13.2 Å². The van der Waals surface area contributed by atoms with Crippen LogP contribution in [0.25, 0.3) is 15.8 Å². The summed E-state index contributed by atoms with van der Waals surface area (Å²) in [5.74, 6) is 0.943. The van der Waals surface area contributed by atoms with Crippen molar-refractivity contribution in [3.8, 4) is 22.6 Å². The average Bonchev–Trinajstić information content (AvgIpc) is 3.44. The van der Waals surface area contributed by atoms with Gasteiger partial charge >= 0.3 is 29.6 Å². The van der Waals surface area contributed by atoms with Crippen LogP contribution < -0.4 is 39.0 Å². The van der Waals surface area contributed by atoms with E-state index >= 15 is 0 Å². The van der Waals surface area contributed by atoms with Gasteiger partial charge in [-0.25, -0.2) is 8.42 Å². The maximum atomic E-state index is 12.3. The molecular weight excluding hydrogens is 529 g/mol. The summed E-state index contributed by atoms with van der Waals surface area (Å²) in [5, 5.41) is 1.64. The van der Waals surface area contributed by atoms with Gasteiger partial charge in [-0.2, -0.15) is 0 Å². The van der Waals surface area contributed by atoms with Crippen molar-refractivity contribution >= 4 is 27.3 Å². The van der Waals surface area contributed by atoms with Gasteiger partial charge in [0.2, 0.25) is 0 Å². The predicted molar refractivity (Wildman–Crippen MR) is 147 cm³/mol. The molecule has 0 saturated carbocycles. The number of amides is 1. The van der Waals surface area contributed by atoms with E-state index in [-0.39, 0.29) is 40.2 Å². The fourth-order valence-electron chi connectivity index (χ4n) is 3.79. The third-order valence-corrected chi connectivity index (χ3v) is 8.23. The molecule has 0 aliphatic carbocycles. The van der Waals surface area contributed by atoms with Gasteiger partial charge in [-0.15, -0.1) is 11.3 Å². The molecule has 3 aromatic carbocycles. The van der Waals surface area contributed by atoms with Crippen LogP contribution in [0.1, 0.15) is 24.0 Å². The maximum Gasteiger partial charge on any atom is 1.00 e. The number of hydrogen-bond acceptors (Lipinski definition) is 6. The molecule has 0 aliphatic rings. The van der Waals surface area contributed by atoms with Crippen molar-refractivity contribution in [3.63, 3.8) is 0 Å². The van der Waals surface area contributed by atoms with Gasteiger partial charge in [0, 0.05) is 6.42 Å². The summed E-state index contributed by atoms with van der Waals surface area (Å²) >= 11 is 1.04. The molecule has 1 heterocycles. The van der Waals surface area contributed by atoms with E-state index in [9.17, 15) is 13.2 Å². The van der Waals surface area contributed by atoms with Gasteiger partial charge in [-0.1, -0.05) is 54.6 Å². The van der Waals surface area contributed by atoms with Gasteiger partial charge in [-0.3, -0.25) is 0 Å². The Labute approximate surface area is 250 Å². The number of aryl methyl sites for hydroxylation is 2. The van der Waals surface area contributed by atoms with Crippen LogP contribution in [0.15, 0.2) is 94.5 Å². The topological polar surface area (TPSA) is 83.8 Å². The second-order valence-corrected chi connectivity index (χ2v) is 11.2. The van der Waals surface area contributed by atoms with Crippen LogP contribution in [0.2, 0.25) is 0 Å². The van der Waals surface area contributed by atoms with Crippen molar-refractivity contribution in [2.24, 2.45) is 0 Å². The van der Waals surface area contributed by atoms with Crippen LogP contribution in [0.4, 0.5) is 0 Å². The minimum absolute atomic E-state index is 0. The second kappa shape index (κ2) is 14.5. The molecule has 38 heavy (non-hydrogen) atoms. The Hall–Kier alpha value is -2.62. The Morgan fingerprint density at radius 1 is 0.868 bits per heavy atom. The average molecular weight is 558 g/mol. The fourth-order valence-corrected chi connectivity index (χ4v) is 5.71. The molecule has 0 unspecified atom stereocenters. The van der Waals surface area contributed by atoms with E-state index in [1.807, 2.05) is 79.7 Å². The number of sulfonamides is 1. The van der Waals surface area contributed by atoms with Gasteiger partial charge in [0.05, 0.1) is 19.1 Å². The first-order valence-corrected chi connectivity index (χ1v) is 14.3. The maximum absolute atomic E-state index is 12.3. The summed E-state index contributed by atoms with van der Waals surface area (Å²) < 4.78 is 39.8. The largest absolute Gasteiger partial charge is 1.00 e. The Kier molecular flexibility index (Phi) is 11.4. The van der Waals surface area contributed by atoms with E-state index in [0.717, 1.165) is 51.5 Å². The molecule has 0 atom stereocenters. The van der Waals surface area contributed by atoms with E-state index in [2.05, 4.69) is 4.72 Å². The molecule has 0 saturated heterocycles. The van der Waals surface area contributed by atoms with Crippen molar-refractivity contribution in [1.82, 2.24) is 0 Å². The summed E-state index contributed by atoms with van der Waals surface area (Å²) in [4.78, 5) is 12.3. The van der Waals surface area contributed by atoms with Crippen molar-refractivity contribution in [3.05, 3.63) is 106 Å². The predicted octanol–water partition coefficient (Wildman–Crippen LogP) is 3.80. The fraction of sp³-hybridized carbons (Fsp3) is 0.207. The van der Waals surface area contributed by atoms with E-state index in [4.69, 9.17) is 9.47 Å². The number of carbonyl (C=O) groups is 1. The molecule has 1 aromatic heterocycles. The quantitative estimate of drug-likeness (QED) is 0.196. The Morgan fingerprint density at radius 3 is 2.29 bits per heavy atom. The van der Waals surface area contributed by atoms with Gasteiger partial charge in [0.15, 0.2) is 0 Å². The van der Waals surface area contributed by atoms with Crippen molar-refractivity contribution in [2.45, 2.75) is 30.4 Å². The van der Waals surface area contributed by atoms with E-state index in [1.54, 1.807) is 11.4 Å². The van der Waals surface area contributed by atoms with Crippen LogP contribution in [0, 0.1) is 6.92 Å². The van der Waals surface area contributed by atoms with E-state index in [1.165, 1.54) is 6.07 Å². The molecular formula is C29H28NNaO5S2. The molecule has 1 amide bonds. The number of thiophene rings is 1. The molecule has 192 valence electrons. The van der Waals surface area contributed by atoms with Gasteiger partial charge in [-0.05, 0) is 77.7 Å². The minimum atomic E-state index is -3.95. The Morgan fingerprint density at radius 2 is 1.58 bits per heavy atom. The summed E-state index contributed by atoms with van der Waals surface area (Å²) in [6, 6.07) is 26.6. The smallest absolute Gasteiger partial charge is 0.541 e. The first kappa shape index (κ1) is 29.9. The van der Waals surface area contributed by atoms with Crippen molar-refractivity contribution < 1.29 is 52.2 Å². The molecule has 0 radical (unpaired) electrons. The van der Waals surface area contributed by atoms with Crippen LogP contribution in [-0.2, 0) is 21.2 Å². The summed E-state index contributed by atoms with van der Waals surface area (Å²) in [6.45, 7) is 3.12. The molecule has 6 nitrogen and oxygen atoms in total. The summed E-state index contributed by atoms with van der Waals surface area (Å²) in [5.41, 5.74) is 4.01. The van der Waals surface area contributed by atoms with Crippen molar-refractivity contribution in [1.29, 1.82) is 0 Å². The number of nitrogens with zero attached hydrogens (tertiary/aromatic N) is 1. The molecule has 4 rings (SSSR count). The number of benzene rings is 3. The molecule has 0 spiro atoms. The van der Waals surface area contributed by atoms with Crippen LogP contribution in [0.5, 0.6) is 11.5 Å². The minimum Gasteiger partial charge on any atom is -0.541 e. The zero-order valence-corrected chi connectivity index (χ0v) is 25.1. The molecule has 0 N–H and O–H groups in total. The van der Waals surface area contributed by atoms with Gasteiger partial charge in [0.1, 0.15) is 25.7 Å². The third-order valence-electron chi connectivity index (χ3n) is 5.56. The number of rotatable bonds is 12. The zero-order valence-electron chi connectivity index (χ0n) is 21.5. The van der Waals surface area contributed by atoms with Crippen LogP contribution in [-0.4, -0.2) is 27.5 Å². The van der Waals surface area contributed by atoms with Gasteiger partial charge < -0.3 is 19.0 Å². The van der Waals surface area contributed by atoms with E-state index in [0.29, 0.717) is 19.6 Å². The summed E-state index contributed by atoms with van der Waals surface area (Å²) in [6.07, 6.45) is 1.12. The molecule has 9 heteroatoms. The first-order valence-electron chi connectivity index (χ1n) is 12.0. The summed E-state index contributed by atoms with van der Waals surface area (Å²) in [7, 11) is -3.95. The second-order valence-electron chi connectivity index (χ2n) is 8.44. The molecule has 4 aromatic rings. The first-order chi connectivity index (χ1) is 17.9. The molecule has 0 aliphatic heterocycles. The number of ether oxygens (including phenoxy) is 2. The number of hydrogen-bond donors (Lipinski definition) is 0. The SMILES string of the molecule is Cc1cccc(OCCCOc2cccc(-c3ccccc3CCC(=O)[N-]S(=O)(=O)c3cccs3)c2)c1.[Na+]. The third kappa shape index (κ3) is 8.71. The van der Waals surface area contributed by atoms with Crippen LogP contribution in [0.3, 0.4) is 0 Å². The number of carbonyl (C=O) groups excluding carboxylic acids is 1. The zero-order chi connectivity index (χ0) is 26.1. The molecule has 0 fully saturated rings. The normalized spacial score (nSPS) is 10.9.